The molecule has 1 spiro atoms. The number of aliphatic imine (C=N–C) groups is 1. The summed E-state index contributed by atoms with van der Waals surface area (Å²) in [7, 11) is 2.04. The van der Waals surface area contributed by atoms with E-state index in [2.05, 4.69) is 46.4 Å². The van der Waals surface area contributed by atoms with Gasteiger partial charge in [0.15, 0.2) is 5.82 Å². The first-order chi connectivity index (χ1) is 32.9. The zero-order chi connectivity index (χ0) is 47.2. The van der Waals surface area contributed by atoms with Crippen LogP contribution in [0.5, 0.6) is 0 Å². The predicted molar refractivity (Wildman–Crippen MR) is 256 cm³/mol. The summed E-state index contributed by atoms with van der Waals surface area (Å²) in [5.41, 5.74) is 5.08. The van der Waals surface area contributed by atoms with E-state index in [0.717, 1.165) is 99.2 Å². The number of imide groups is 1. The first-order valence-electron chi connectivity index (χ1n) is 24.9. The lowest BCUT2D eigenvalue weighted by Gasteiger charge is -2.37. The number of amides is 3. The SMILES string of the molecule is CC1=Nc2c(F)cc(-c3nc(Nc4ccc(C5CCN(CC6CCCCC6)CC5)cn4)ncc3F)cc2C12CCCC2.CN1CCC(O)(c2ccc3c(c2)CN(C2CCC(=O)NC2=O)C3=O)CC1. The molecule has 1 atom stereocenters. The summed E-state index contributed by atoms with van der Waals surface area (Å²) < 4.78 is 30.3. The van der Waals surface area contributed by atoms with E-state index in [-0.39, 0.29) is 35.3 Å². The predicted octanol–water partition coefficient (Wildman–Crippen LogP) is 8.60. The summed E-state index contributed by atoms with van der Waals surface area (Å²) >= 11 is 0. The van der Waals surface area contributed by atoms with Gasteiger partial charge >= 0.3 is 0 Å². The Morgan fingerprint density at radius 3 is 2.32 bits per heavy atom. The van der Waals surface area contributed by atoms with Gasteiger partial charge in [-0.2, -0.15) is 0 Å². The summed E-state index contributed by atoms with van der Waals surface area (Å²) in [6.45, 7) is 7.55. The molecule has 2 aliphatic carbocycles. The van der Waals surface area contributed by atoms with Crippen molar-refractivity contribution in [2.45, 2.75) is 133 Å². The monoisotopic (exact) mass is 927 g/mol. The highest BCUT2D eigenvalue weighted by Crippen LogP contribution is 2.52. The smallest absolute Gasteiger partial charge is 0.255 e. The largest absolute Gasteiger partial charge is 0.385 e. The molecule has 3 saturated heterocycles. The third kappa shape index (κ3) is 9.21. The Hall–Kier alpha value is -5.51. The van der Waals surface area contributed by atoms with Crippen molar-refractivity contribution < 1.29 is 28.3 Å². The van der Waals surface area contributed by atoms with E-state index in [1.165, 1.54) is 55.2 Å². The number of nitrogens with one attached hydrogen (secondary N) is 2. The minimum absolute atomic E-state index is 0.0727. The topological polar surface area (TPSA) is 156 Å². The number of carbonyl (C=O) groups excluding carboxylic acids is 3. The molecule has 2 aromatic carbocycles. The van der Waals surface area contributed by atoms with E-state index in [4.69, 9.17) is 0 Å². The fourth-order valence-electron chi connectivity index (χ4n) is 12.1. The molecule has 13 nitrogen and oxygen atoms in total. The maximum absolute atomic E-state index is 15.2. The number of pyridine rings is 1. The molecular weight excluding hydrogens is 865 g/mol. The molecule has 2 aromatic heterocycles. The molecule has 358 valence electrons. The third-order valence-corrected chi connectivity index (χ3v) is 16.2. The van der Waals surface area contributed by atoms with Gasteiger partial charge in [-0.1, -0.05) is 50.3 Å². The Morgan fingerprint density at radius 1 is 0.838 bits per heavy atom. The molecule has 15 heteroatoms. The van der Waals surface area contributed by atoms with Crippen molar-refractivity contribution in [3.63, 3.8) is 0 Å². The van der Waals surface area contributed by atoms with Gasteiger partial charge in [-0.15, -0.1) is 0 Å². The van der Waals surface area contributed by atoms with Gasteiger partial charge in [-0.3, -0.25) is 24.7 Å². The van der Waals surface area contributed by atoms with Gasteiger partial charge in [-0.05, 0) is 143 Å². The Bertz CT molecular complexity index is 2590. The number of likely N-dealkylation sites (tertiary alicyclic amines) is 2. The lowest BCUT2D eigenvalue weighted by Crippen LogP contribution is -2.52. The van der Waals surface area contributed by atoms with Crippen molar-refractivity contribution in [1.82, 2.24) is 35.0 Å². The lowest BCUT2D eigenvalue weighted by atomic mass is 9.76. The lowest BCUT2D eigenvalue weighted by molar-refractivity contribution is -0.136. The molecule has 1 unspecified atom stereocenters. The number of anilines is 2. The van der Waals surface area contributed by atoms with Crippen LogP contribution in [-0.4, -0.2) is 104 Å². The van der Waals surface area contributed by atoms with Crippen LogP contribution in [0.1, 0.15) is 142 Å². The number of fused-ring (bicyclic) bond motifs is 3. The number of rotatable bonds is 8. The van der Waals surface area contributed by atoms with Crippen molar-refractivity contribution in [3.05, 3.63) is 94.3 Å². The summed E-state index contributed by atoms with van der Waals surface area (Å²) in [6, 6.07) is 12.2. The third-order valence-electron chi connectivity index (χ3n) is 16.2. The highest BCUT2D eigenvalue weighted by Gasteiger charge is 2.45. The Balaban J connectivity index is 0.000000178. The van der Waals surface area contributed by atoms with Gasteiger partial charge in [0.1, 0.15) is 29.1 Å². The molecule has 7 aliphatic rings. The number of carbonyl (C=O) groups is 3. The van der Waals surface area contributed by atoms with Crippen LogP contribution in [0.3, 0.4) is 0 Å². The highest BCUT2D eigenvalue weighted by molar-refractivity contribution is 6.05. The van der Waals surface area contributed by atoms with Crippen molar-refractivity contribution in [3.8, 4) is 11.3 Å². The molecule has 11 rings (SSSR count). The Kier molecular flexibility index (Phi) is 13.0. The molecule has 7 heterocycles. The second kappa shape index (κ2) is 19.1. The zero-order valence-corrected chi connectivity index (χ0v) is 39.3. The molecule has 5 fully saturated rings. The van der Waals surface area contributed by atoms with E-state index in [9.17, 15) is 19.5 Å². The summed E-state index contributed by atoms with van der Waals surface area (Å²) in [5.74, 6) is 0.333. The minimum atomic E-state index is -0.868. The van der Waals surface area contributed by atoms with Crippen LogP contribution in [0.2, 0.25) is 0 Å². The molecule has 4 aromatic rings. The van der Waals surface area contributed by atoms with Gasteiger partial charge in [0, 0.05) is 61.1 Å². The van der Waals surface area contributed by atoms with Crippen molar-refractivity contribution in [2.75, 3.05) is 45.1 Å². The van der Waals surface area contributed by atoms with Crippen molar-refractivity contribution in [1.29, 1.82) is 0 Å². The van der Waals surface area contributed by atoms with E-state index in [1.54, 1.807) is 6.07 Å². The van der Waals surface area contributed by atoms with Crippen LogP contribution in [0.4, 0.5) is 26.2 Å². The van der Waals surface area contributed by atoms with E-state index < -0.39 is 29.2 Å². The van der Waals surface area contributed by atoms with Gasteiger partial charge in [0.2, 0.25) is 17.8 Å². The van der Waals surface area contributed by atoms with Crippen LogP contribution >= 0.6 is 0 Å². The van der Waals surface area contributed by atoms with Crippen LogP contribution < -0.4 is 10.6 Å². The molecule has 68 heavy (non-hydrogen) atoms. The second-order valence-corrected chi connectivity index (χ2v) is 20.5. The number of hydrogen-bond donors (Lipinski definition) is 3. The van der Waals surface area contributed by atoms with Crippen LogP contribution in [0.15, 0.2) is 59.9 Å². The molecule has 5 aliphatic heterocycles. The maximum Gasteiger partial charge on any atom is 0.255 e. The fourth-order valence-corrected chi connectivity index (χ4v) is 12.1. The normalized spacial score (nSPS) is 23.0. The van der Waals surface area contributed by atoms with Crippen LogP contribution in [0, 0.1) is 17.6 Å². The Morgan fingerprint density at radius 2 is 1.60 bits per heavy atom. The molecule has 3 amide bonds. The fraction of sp³-hybridized carbons (Fsp3) is 0.528. The van der Waals surface area contributed by atoms with Crippen molar-refractivity contribution >= 4 is 40.9 Å². The van der Waals surface area contributed by atoms with Gasteiger partial charge in [-0.25, -0.2) is 23.7 Å². The molecular formula is C53H63F2N9O4. The molecule has 0 radical (unpaired) electrons. The summed E-state index contributed by atoms with van der Waals surface area (Å²) in [5, 5.41) is 16.4. The standard InChI is InChI=1S/C34H40F2N6.C19H23N3O4/c1-22-34(13-5-6-14-34)27-17-26(18-28(35)32(27)39-22)31-29(36)20-38-33(41-31)40-30-10-9-25(19-37-30)24-11-15-42(16-12-24)21-23-7-3-2-4-8-23;1-21-8-6-19(26,7-9-21)13-2-3-14-12(10-13)11-22(18(14)25)15-4-5-16(23)20-17(15)24/h9-10,17-20,23-24H,2-8,11-16,21H2,1H3,(H,37,38,40,41);2-3,10,15,26H,4-9,11H2,1H3,(H,20,23,24). The number of benzene rings is 2. The van der Waals surface area contributed by atoms with Crippen LogP contribution in [0.25, 0.3) is 11.3 Å². The minimum Gasteiger partial charge on any atom is -0.385 e. The second-order valence-electron chi connectivity index (χ2n) is 20.5. The van der Waals surface area contributed by atoms with Gasteiger partial charge < -0.3 is 25.1 Å². The number of aromatic nitrogens is 3. The van der Waals surface area contributed by atoms with Gasteiger partial charge in [0.25, 0.3) is 5.91 Å². The van der Waals surface area contributed by atoms with E-state index >= 15 is 8.78 Å². The number of piperidine rings is 3. The Labute approximate surface area is 397 Å². The van der Waals surface area contributed by atoms with Crippen LogP contribution in [-0.2, 0) is 27.1 Å². The molecule has 2 saturated carbocycles. The number of aliphatic hydroxyl groups is 1. The van der Waals surface area contributed by atoms with Crippen molar-refractivity contribution in [2.24, 2.45) is 10.9 Å². The molecule has 3 N–H and O–H groups in total. The summed E-state index contributed by atoms with van der Waals surface area (Å²) in [6.07, 6.45) is 18.4. The molecule has 0 bridgehead atoms. The number of halogens is 2. The maximum atomic E-state index is 15.2. The summed E-state index contributed by atoms with van der Waals surface area (Å²) in [4.78, 5) is 60.4. The quantitative estimate of drug-likeness (QED) is 0.146. The highest BCUT2D eigenvalue weighted by atomic mass is 19.1. The van der Waals surface area contributed by atoms with E-state index in [1.807, 2.05) is 44.4 Å². The average molecular weight is 928 g/mol. The van der Waals surface area contributed by atoms with E-state index in [0.29, 0.717) is 54.4 Å². The average Bonchev–Trinajstić information content (AvgIpc) is 4.05. The first kappa shape index (κ1) is 46.2. The number of hydrogen-bond acceptors (Lipinski definition) is 11. The van der Waals surface area contributed by atoms with Gasteiger partial charge in [0.05, 0.1) is 11.8 Å². The zero-order valence-electron chi connectivity index (χ0n) is 39.3. The number of nitrogens with zero attached hydrogens (tertiary/aromatic N) is 7. The first-order valence-corrected chi connectivity index (χ1v) is 24.9.